The lowest BCUT2D eigenvalue weighted by molar-refractivity contribution is -0.114. The highest BCUT2D eigenvalue weighted by Gasteiger charge is 2.30. The second-order valence-electron chi connectivity index (χ2n) is 5.39. The van der Waals surface area contributed by atoms with Crippen molar-refractivity contribution in [1.29, 1.82) is 0 Å². The molecule has 0 saturated heterocycles. The molecule has 0 spiro atoms. The van der Waals surface area contributed by atoms with Gasteiger partial charge in [-0.2, -0.15) is 0 Å². The van der Waals surface area contributed by atoms with Crippen molar-refractivity contribution in [2.75, 3.05) is 7.11 Å². The van der Waals surface area contributed by atoms with E-state index in [1.54, 1.807) is 13.3 Å². The largest absolute Gasteiger partial charge is 0.481 e. The number of fused-ring (bicyclic) bond motifs is 3. The smallest absolute Gasteiger partial charge is 0.215 e. The van der Waals surface area contributed by atoms with E-state index in [4.69, 9.17) is 4.74 Å². The molecule has 0 bridgehead atoms. The topological polar surface area (TPSA) is 51.5 Å². The van der Waals surface area contributed by atoms with Crippen LogP contribution in [0.4, 0.5) is 0 Å². The van der Waals surface area contributed by atoms with Crippen LogP contribution in [0.15, 0.2) is 51.8 Å². The Bertz CT molecular complexity index is 901. The summed E-state index contributed by atoms with van der Waals surface area (Å²) in [5.41, 5.74) is 4.99. The highest BCUT2D eigenvalue weighted by molar-refractivity contribution is 6.13. The maximum atomic E-state index is 12.4. The van der Waals surface area contributed by atoms with E-state index in [0.29, 0.717) is 12.3 Å². The Labute approximate surface area is 121 Å². The first-order valence-electron chi connectivity index (χ1n) is 6.96. The summed E-state index contributed by atoms with van der Waals surface area (Å²) in [4.78, 5) is 21.3. The number of allylic oxidation sites excluding steroid dienone is 5. The molecule has 104 valence electrons. The Kier molecular flexibility index (Phi) is 2.48. The number of hydrogen-bond acceptors (Lipinski definition) is 4. The number of Topliss-reactive ketones (excluding diaryl/α,β-unsaturated/α-hetero) is 1. The molecule has 4 nitrogen and oxygen atoms in total. The maximum Gasteiger partial charge on any atom is 0.215 e. The minimum Gasteiger partial charge on any atom is -0.481 e. The van der Waals surface area contributed by atoms with Gasteiger partial charge in [-0.1, -0.05) is 17.7 Å². The van der Waals surface area contributed by atoms with Crippen molar-refractivity contribution < 1.29 is 9.53 Å². The number of hydrogen-bond donors (Lipinski definition) is 0. The Morgan fingerprint density at radius 2 is 2.05 bits per heavy atom. The molecule has 4 rings (SSSR count). The van der Waals surface area contributed by atoms with Crippen molar-refractivity contribution in [3.8, 4) is 5.88 Å². The van der Waals surface area contributed by atoms with E-state index in [2.05, 4.69) is 23.0 Å². The van der Waals surface area contributed by atoms with Crippen molar-refractivity contribution in [2.24, 2.45) is 4.99 Å². The minimum atomic E-state index is 0.176. The van der Waals surface area contributed by atoms with Gasteiger partial charge < -0.3 is 4.74 Å². The average Bonchev–Trinajstić information content (AvgIpc) is 2.88. The lowest BCUT2D eigenvalue weighted by Crippen LogP contribution is -2.26. The molecule has 21 heavy (non-hydrogen) atoms. The van der Waals surface area contributed by atoms with E-state index in [1.807, 2.05) is 12.1 Å². The summed E-state index contributed by atoms with van der Waals surface area (Å²) in [5, 5.41) is 1.76. The van der Waals surface area contributed by atoms with Gasteiger partial charge in [0.25, 0.3) is 0 Å². The number of carbonyl (C=O) groups excluding carboxylic acids is 1. The fraction of sp³-hybridized carbons (Fsp3) is 0.235. The van der Waals surface area contributed by atoms with Crippen LogP contribution < -0.4 is 15.3 Å². The molecule has 0 amide bonds. The van der Waals surface area contributed by atoms with Gasteiger partial charge >= 0.3 is 0 Å². The molecule has 1 aromatic rings. The maximum absolute atomic E-state index is 12.4. The van der Waals surface area contributed by atoms with Crippen LogP contribution in [0.5, 0.6) is 5.88 Å². The van der Waals surface area contributed by atoms with E-state index >= 15 is 0 Å². The number of ketones is 1. The van der Waals surface area contributed by atoms with Crippen molar-refractivity contribution >= 4 is 11.4 Å². The normalized spacial score (nSPS) is 19.3. The molecule has 0 fully saturated rings. The van der Waals surface area contributed by atoms with Gasteiger partial charge in [-0.3, -0.25) is 4.79 Å². The molecule has 0 saturated carbocycles. The molecule has 4 heteroatoms. The molecular formula is C17H14N2O2. The van der Waals surface area contributed by atoms with Crippen LogP contribution in [-0.2, 0) is 4.79 Å². The zero-order chi connectivity index (χ0) is 14.6. The monoisotopic (exact) mass is 278 g/mol. The molecule has 0 radical (unpaired) electrons. The standard InChI is InChI=1S/C17H14N2O2/c1-9-3-6-14(20)17-10(9)4-5-12-16(17)11-8-18-15(21-2)7-13(11)19-12/h3,5,7-8H,4,6H2,1-2H3. The lowest BCUT2D eigenvalue weighted by Gasteiger charge is -2.23. The van der Waals surface area contributed by atoms with Crippen LogP contribution in [0.1, 0.15) is 19.8 Å². The number of aromatic nitrogens is 1. The predicted molar refractivity (Wildman–Crippen MR) is 78.1 cm³/mol. The fourth-order valence-electron chi connectivity index (χ4n) is 3.15. The Hall–Kier alpha value is -2.49. The van der Waals surface area contributed by atoms with Gasteiger partial charge in [0.05, 0.1) is 18.2 Å². The lowest BCUT2D eigenvalue weighted by atomic mass is 9.80. The SMILES string of the molecule is COc1cc2c(cn1)=C1C(=CCC3=C1C(=O)CC=C3C)N=2. The molecule has 0 N–H and O–H groups in total. The van der Waals surface area contributed by atoms with E-state index in [0.717, 1.165) is 39.4 Å². The second-order valence-corrected chi connectivity index (χ2v) is 5.39. The van der Waals surface area contributed by atoms with E-state index < -0.39 is 0 Å². The number of carbonyl (C=O) groups is 1. The molecule has 0 unspecified atom stereocenters. The molecule has 2 heterocycles. The Balaban J connectivity index is 2.06. The van der Waals surface area contributed by atoms with Gasteiger partial charge in [0.15, 0.2) is 5.78 Å². The van der Waals surface area contributed by atoms with E-state index in [9.17, 15) is 4.79 Å². The molecule has 3 aliphatic rings. The third-order valence-corrected chi connectivity index (χ3v) is 4.23. The van der Waals surface area contributed by atoms with E-state index in [1.165, 1.54) is 5.57 Å². The van der Waals surface area contributed by atoms with Gasteiger partial charge in [0.2, 0.25) is 5.88 Å². The molecule has 0 atom stereocenters. The van der Waals surface area contributed by atoms with Crippen LogP contribution in [0.3, 0.4) is 0 Å². The van der Waals surface area contributed by atoms with Crippen molar-refractivity contribution in [1.82, 2.24) is 4.98 Å². The summed E-state index contributed by atoms with van der Waals surface area (Å²) in [7, 11) is 1.59. The van der Waals surface area contributed by atoms with Gasteiger partial charge in [-0.25, -0.2) is 9.98 Å². The van der Waals surface area contributed by atoms with Gasteiger partial charge in [-0.15, -0.1) is 0 Å². The highest BCUT2D eigenvalue weighted by Crippen LogP contribution is 2.38. The summed E-state index contributed by atoms with van der Waals surface area (Å²) < 4.78 is 5.15. The summed E-state index contributed by atoms with van der Waals surface area (Å²) in [6.07, 6.45) is 7.10. The number of pyridine rings is 1. The van der Waals surface area contributed by atoms with Gasteiger partial charge in [0.1, 0.15) is 0 Å². The number of nitrogens with zero attached hydrogens (tertiary/aromatic N) is 2. The van der Waals surface area contributed by atoms with Crippen LogP contribution in [-0.4, -0.2) is 17.9 Å². The fourth-order valence-corrected chi connectivity index (χ4v) is 3.15. The zero-order valence-electron chi connectivity index (χ0n) is 11.9. The second kappa shape index (κ2) is 4.25. The number of methoxy groups -OCH3 is 1. The van der Waals surface area contributed by atoms with Crippen LogP contribution in [0.25, 0.3) is 5.57 Å². The first kappa shape index (κ1) is 12.3. The summed E-state index contributed by atoms with van der Waals surface area (Å²) in [6, 6.07) is 1.82. The Morgan fingerprint density at radius 1 is 1.19 bits per heavy atom. The van der Waals surface area contributed by atoms with Crippen molar-refractivity contribution in [3.05, 3.63) is 57.4 Å². The molecule has 1 aliphatic heterocycles. The van der Waals surface area contributed by atoms with Crippen molar-refractivity contribution in [3.63, 3.8) is 0 Å². The summed E-state index contributed by atoms with van der Waals surface area (Å²) in [5.74, 6) is 0.715. The first-order chi connectivity index (χ1) is 10.2. The van der Waals surface area contributed by atoms with E-state index in [-0.39, 0.29) is 5.78 Å². The molecule has 1 aromatic heterocycles. The summed E-state index contributed by atoms with van der Waals surface area (Å²) >= 11 is 0. The van der Waals surface area contributed by atoms with Crippen LogP contribution in [0.2, 0.25) is 0 Å². The highest BCUT2D eigenvalue weighted by atomic mass is 16.5. The molecule has 2 aliphatic carbocycles. The van der Waals surface area contributed by atoms with Crippen LogP contribution in [0, 0.1) is 0 Å². The van der Waals surface area contributed by atoms with Crippen LogP contribution >= 0.6 is 0 Å². The third kappa shape index (κ3) is 1.65. The Morgan fingerprint density at radius 3 is 2.86 bits per heavy atom. The average molecular weight is 278 g/mol. The van der Waals surface area contributed by atoms with Crippen molar-refractivity contribution in [2.45, 2.75) is 19.8 Å². The summed E-state index contributed by atoms with van der Waals surface area (Å²) in [6.45, 7) is 2.07. The number of ether oxygens (including phenoxy) is 1. The van der Waals surface area contributed by atoms with Gasteiger partial charge in [0, 0.05) is 35.0 Å². The predicted octanol–water partition coefficient (Wildman–Crippen LogP) is 1.38. The minimum absolute atomic E-state index is 0.176. The zero-order valence-corrected chi connectivity index (χ0v) is 11.9. The van der Waals surface area contributed by atoms with Gasteiger partial charge in [-0.05, 0) is 18.9 Å². The molecule has 0 aromatic carbocycles. The number of rotatable bonds is 1. The first-order valence-corrected chi connectivity index (χ1v) is 6.96. The third-order valence-electron chi connectivity index (χ3n) is 4.23. The molecular weight excluding hydrogens is 264 g/mol. The quantitative estimate of drug-likeness (QED) is 0.780.